The molecular weight excluding hydrogens is 382 g/mol. The fraction of sp³-hybridized carbons (Fsp3) is 0.125. The molecule has 2 heterocycles. The van der Waals surface area contributed by atoms with Crippen molar-refractivity contribution in [3.05, 3.63) is 55.8 Å². The second-order valence-electron chi connectivity index (χ2n) is 5.45. The van der Waals surface area contributed by atoms with Crippen LogP contribution < -0.4 is 14.3 Å². The van der Waals surface area contributed by atoms with Gasteiger partial charge < -0.3 is 14.0 Å². The van der Waals surface area contributed by atoms with Gasteiger partial charge in [-0.15, -0.1) is 0 Å². The van der Waals surface area contributed by atoms with E-state index in [2.05, 4.69) is 4.99 Å². The third kappa shape index (κ3) is 2.71. The van der Waals surface area contributed by atoms with Crippen LogP contribution in [0.1, 0.15) is 10.4 Å². The van der Waals surface area contributed by atoms with Crippen LogP contribution in [0.4, 0.5) is 5.69 Å². The van der Waals surface area contributed by atoms with E-state index in [1.807, 2.05) is 6.07 Å². The largest absolute Gasteiger partial charge is 0.454 e. The van der Waals surface area contributed by atoms with Crippen LogP contribution in [0.3, 0.4) is 0 Å². The summed E-state index contributed by atoms with van der Waals surface area (Å²) in [6, 6.07) is 7.41. The number of aryl methyl sites for hydroxylation is 1. The standard InChI is InChI=1S/C16H10ClN3O5S/c1-19-11-5-12-13(25-7-24-12)6-14(11)26-16(19)18-15(21)9-4-8(17)2-3-10(9)20(22)23/h2-6H,7H2,1H3. The van der Waals surface area contributed by atoms with E-state index in [4.69, 9.17) is 21.1 Å². The van der Waals surface area contributed by atoms with E-state index in [1.54, 1.807) is 17.7 Å². The van der Waals surface area contributed by atoms with Crippen molar-refractivity contribution in [1.29, 1.82) is 0 Å². The molecule has 2 aromatic carbocycles. The van der Waals surface area contributed by atoms with Crippen LogP contribution in [0, 0.1) is 10.1 Å². The zero-order valence-electron chi connectivity index (χ0n) is 13.3. The summed E-state index contributed by atoms with van der Waals surface area (Å²) in [6.45, 7) is 0.171. The lowest BCUT2D eigenvalue weighted by atomic mass is 10.2. The Bertz CT molecular complexity index is 1150. The van der Waals surface area contributed by atoms with Crippen molar-refractivity contribution < 1.29 is 19.2 Å². The first kappa shape index (κ1) is 16.6. The number of carbonyl (C=O) groups is 1. The van der Waals surface area contributed by atoms with Gasteiger partial charge in [0.1, 0.15) is 5.56 Å². The van der Waals surface area contributed by atoms with E-state index < -0.39 is 10.8 Å². The molecule has 8 nitrogen and oxygen atoms in total. The number of rotatable bonds is 2. The number of aromatic nitrogens is 1. The third-order valence-electron chi connectivity index (χ3n) is 3.89. The molecule has 0 radical (unpaired) electrons. The zero-order valence-corrected chi connectivity index (χ0v) is 14.8. The molecule has 0 atom stereocenters. The molecule has 0 aliphatic carbocycles. The van der Waals surface area contributed by atoms with E-state index in [0.29, 0.717) is 16.3 Å². The Hall–Kier alpha value is -2.91. The van der Waals surface area contributed by atoms with E-state index in [9.17, 15) is 14.9 Å². The number of thiazole rings is 1. The highest BCUT2D eigenvalue weighted by Crippen LogP contribution is 2.36. The number of nitro benzene ring substituents is 1. The molecule has 0 N–H and O–H groups in total. The van der Waals surface area contributed by atoms with Crippen molar-refractivity contribution in [1.82, 2.24) is 4.57 Å². The molecule has 10 heteroatoms. The van der Waals surface area contributed by atoms with Gasteiger partial charge in [0.2, 0.25) is 6.79 Å². The van der Waals surface area contributed by atoms with Crippen molar-refractivity contribution in [3.63, 3.8) is 0 Å². The molecule has 0 fully saturated rings. The molecule has 132 valence electrons. The van der Waals surface area contributed by atoms with Crippen LogP contribution in [-0.2, 0) is 7.05 Å². The maximum atomic E-state index is 12.5. The van der Waals surface area contributed by atoms with Crippen LogP contribution in [0.2, 0.25) is 5.02 Å². The molecule has 0 bridgehead atoms. The fourth-order valence-corrected chi connectivity index (χ4v) is 3.81. The number of nitro groups is 1. The monoisotopic (exact) mass is 391 g/mol. The van der Waals surface area contributed by atoms with Gasteiger partial charge >= 0.3 is 0 Å². The lowest BCUT2D eigenvalue weighted by Gasteiger charge is -2.00. The van der Waals surface area contributed by atoms with Gasteiger partial charge in [-0.1, -0.05) is 22.9 Å². The number of ether oxygens (including phenoxy) is 2. The van der Waals surface area contributed by atoms with Crippen LogP contribution in [0.15, 0.2) is 35.3 Å². The predicted molar refractivity (Wildman–Crippen MR) is 94.9 cm³/mol. The van der Waals surface area contributed by atoms with E-state index in [1.165, 1.54) is 29.5 Å². The highest BCUT2D eigenvalue weighted by atomic mass is 35.5. The number of hydrogen-bond acceptors (Lipinski definition) is 6. The first-order chi connectivity index (χ1) is 12.4. The smallest absolute Gasteiger partial charge is 0.286 e. The third-order valence-corrected chi connectivity index (χ3v) is 5.22. The van der Waals surface area contributed by atoms with Gasteiger partial charge in [-0.3, -0.25) is 14.9 Å². The second-order valence-corrected chi connectivity index (χ2v) is 6.90. The van der Waals surface area contributed by atoms with Crippen molar-refractivity contribution in [2.24, 2.45) is 12.0 Å². The number of amides is 1. The van der Waals surface area contributed by atoms with E-state index in [-0.39, 0.29) is 23.1 Å². The Labute approximate surface area is 155 Å². The molecule has 1 aromatic heterocycles. The summed E-state index contributed by atoms with van der Waals surface area (Å²) in [5, 5.41) is 11.4. The molecule has 1 amide bonds. The Balaban J connectivity index is 1.84. The van der Waals surface area contributed by atoms with Gasteiger partial charge in [-0.25, -0.2) is 0 Å². The Morgan fingerprint density at radius 2 is 2.04 bits per heavy atom. The maximum absolute atomic E-state index is 12.5. The lowest BCUT2D eigenvalue weighted by Crippen LogP contribution is -2.14. The van der Waals surface area contributed by atoms with Crippen molar-refractivity contribution in [3.8, 4) is 11.5 Å². The normalized spacial score (nSPS) is 13.4. The van der Waals surface area contributed by atoms with Crippen LogP contribution in [-0.4, -0.2) is 22.2 Å². The topological polar surface area (TPSA) is 96.0 Å². The first-order valence-corrected chi connectivity index (χ1v) is 8.55. The average Bonchev–Trinajstić information content (AvgIpc) is 3.17. The Morgan fingerprint density at radius 1 is 1.31 bits per heavy atom. The number of carbonyl (C=O) groups excluding carboxylic acids is 1. The lowest BCUT2D eigenvalue weighted by molar-refractivity contribution is -0.385. The van der Waals surface area contributed by atoms with Gasteiger partial charge in [0.15, 0.2) is 16.3 Å². The zero-order chi connectivity index (χ0) is 18.4. The minimum Gasteiger partial charge on any atom is -0.454 e. The molecule has 1 aliphatic heterocycles. The minimum absolute atomic E-state index is 0.158. The summed E-state index contributed by atoms with van der Waals surface area (Å²) in [5.41, 5.74) is 0.313. The Morgan fingerprint density at radius 3 is 2.77 bits per heavy atom. The molecule has 0 saturated carbocycles. The number of benzene rings is 2. The van der Waals surface area contributed by atoms with Crippen molar-refractivity contribution >= 4 is 44.7 Å². The van der Waals surface area contributed by atoms with Crippen molar-refractivity contribution in [2.75, 3.05) is 6.79 Å². The van der Waals surface area contributed by atoms with Gasteiger partial charge in [0.05, 0.1) is 15.1 Å². The number of fused-ring (bicyclic) bond motifs is 2. The molecule has 0 spiro atoms. The molecule has 1 aliphatic rings. The summed E-state index contributed by atoms with van der Waals surface area (Å²) < 4.78 is 13.3. The molecule has 0 saturated heterocycles. The summed E-state index contributed by atoms with van der Waals surface area (Å²) in [5.74, 6) is 0.512. The quantitative estimate of drug-likeness (QED) is 0.493. The fourth-order valence-electron chi connectivity index (χ4n) is 2.61. The van der Waals surface area contributed by atoms with Crippen LogP contribution in [0.25, 0.3) is 10.2 Å². The van der Waals surface area contributed by atoms with Crippen molar-refractivity contribution in [2.45, 2.75) is 0 Å². The summed E-state index contributed by atoms with van der Waals surface area (Å²) in [6.07, 6.45) is 0. The molecule has 4 rings (SSSR count). The maximum Gasteiger partial charge on any atom is 0.286 e. The second kappa shape index (κ2) is 6.11. The van der Waals surface area contributed by atoms with Gasteiger partial charge in [0, 0.05) is 30.3 Å². The highest BCUT2D eigenvalue weighted by molar-refractivity contribution is 7.16. The molecule has 0 unspecified atom stereocenters. The Kier molecular flexibility index (Phi) is 3.89. The first-order valence-electron chi connectivity index (χ1n) is 7.36. The molecule has 26 heavy (non-hydrogen) atoms. The molecule has 3 aromatic rings. The summed E-state index contributed by atoms with van der Waals surface area (Å²) in [7, 11) is 1.75. The number of hydrogen-bond donors (Lipinski definition) is 0. The van der Waals surface area contributed by atoms with Gasteiger partial charge in [-0.05, 0) is 12.1 Å². The summed E-state index contributed by atoms with van der Waals surface area (Å²) >= 11 is 7.14. The summed E-state index contributed by atoms with van der Waals surface area (Å²) in [4.78, 5) is 27.5. The average molecular weight is 392 g/mol. The van der Waals surface area contributed by atoms with Crippen LogP contribution in [0.5, 0.6) is 11.5 Å². The SMILES string of the molecule is Cn1c(=NC(=O)c2cc(Cl)ccc2[N+](=O)[O-])sc2cc3c(cc21)OCO3. The number of nitrogens with zero attached hydrogens (tertiary/aromatic N) is 3. The minimum atomic E-state index is -0.735. The predicted octanol–water partition coefficient (Wildman–Crippen LogP) is 3.27. The number of halogens is 1. The van der Waals surface area contributed by atoms with Gasteiger partial charge in [-0.2, -0.15) is 4.99 Å². The molecular formula is C16H10ClN3O5S. The van der Waals surface area contributed by atoms with E-state index in [0.717, 1.165) is 10.2 Å². The highest BCUT2D eigenvalue weighted by Gasteiger charge is 2.21. The van der Waals surface area contributed by atoms with Crippen LogP contribution >= 0.6 is 22.9 Å². The van der Waals surface area contributed by atoms with E-state index >= 15 is 0 Å². The van der Waals surface area contributed by atoms with Gasteiger partial charge in [0.25, 0.3) is 11.6 Å².